The number of para-hydroxylation sites is 1. The maximum atomic E-state index is 12.7. The quantitative estimate of drug-likeness (QED) is 0.246. The summed E-state index contributed by atoms with van der Waals surface area (Å²) in [7, 11) is 0. The molecule has 0 spiro atoms. The van der Waals surface area contributed by atoms with E-state index in [4.69, 9.17) is 0 Å². The summed E-state index contributed by atoms with van der Waals surface area (Å²) < 4.78 is 42.5. The van der Waals surface area contributed by atoms with E-state index in [1.54, 1.807) is 24.3 Å². The molecule has 1 saturated heterocycles. The molecule has 218 valence electrons. The standard InChI is InChI=1S/C30H24F3N7O2S/c1-19-4-3-5-20(2)26(19)39-14-15-43-29(39)37-28(41)35-17-23(16-34)21-6-8-22(9-7-21)27-36-18-40(38-27)24-10-12-25(13-11-24)42-30(31,32)33/h3-13,17-18H,14-15H2,1-2H3,(H,35,41)/b23-17+,37-29?. The summed E-state index contributed by atoms with van der Waals surface area (Å²) in [6, 6.07) is 19.6. The topological polar surface area (TPSA) is 108 Å². The van der Waals surface area contributed by atoms with Gasteiger partial charge in [0.05, 0.1) is 11.3 Å². The number of anilines is 1. The SMILES string of the molecule is Cc1cccc(C)c1N1CCSC1=NC(=O)N/C=C(\C#N)c1ccc(-c2ncn(-c3ccc(OC(F)(F)F)cc3)n2)cc1. The molecule has 3 aromatic carbocycles. The zero-order chi connectivity index (χ0) is 30.6. The van der Waals surface area contributed by atoms with Crippen LogP contribution in [0, 0.1) is 25.2 Å². The molecule has 13 heteroatoms. The Hall–Kier alpha value is -5.09. The van der Waals surface area contributed by atoms with E-state index in [-0.39, 0.29) is 11.3 Å². The van der Waals surface area contributed by atoms with Crippen molar-refractivity contribution in [2.75, 3.05) is 17.2 Å². The second kappa shape index (κ2) is 12.4. The number of thioether (sulfide) groups is 1. The van der Waals surface area contributed by atoms with Crippen LogP contribution in [0.5, 0.6) is 5.75 Å². The molecular weight excluding hydrogens is 579 g/mol. The largest absolute Gasteiger partial charge is 0.573 e. The fraction of sp³-hybridized carbons (Fsp3) is 0.167. The molecule has 1 N–H and O–H groups in total. The van der Waals surface area contributed by atoms with Gasteiger partial charge in [0.1, 0.15) is 18.1 Å². The first-order chi connectivity index (χ1) is 20.6. The van der Waals surface area contributed by atoms with E-state index in [2.05, 4.69) is 31.2 Å². The van der Waals surface area contributed by atoms with Crippen LogP contribution in [0.25, 0.3) is 22.6 Å². The van der Waals surface area contributed by atoms with Crippen molar-refractivity contribution < 1.29 is 22.7 Å². The number of benzene rings is 3. The molecule has 1 aromatic heterocycles. The second-order valence-electron chi connectivity index (χ2n) is 9.39. The molecule has 1 aliphatic rings. The number of hydrogen-bond donors (Lipinski definition) is 1. The van der Waals surface area contributed by atoms with Crippen molar-refractivity contribution in [1.29, 1.82) is 5.26 Å². The molecular formula is C30H24F3N7O2S. The van der Waals surface area contributed by atoms with E-state index in [9.17, 15) is 23.2 Å². The summed E-state index contributed by atoms with van der Waals surface area (Å²) >= 11 is 1.50. The highest BCUT2D eigenvalue weighted by Gasteiger charge is 2.31. The fourth-order valence-electron chi connectivity index (χ4n) is 4.49. The van der Waals surface area contributed by atoms with Crippen LogP contribution in [0.4, 0.5) is 23.7 Å². The first-order valence-electron chi connectivity index (χ1n) is 13.0. The van der Waals surface area contributed by atoms with E-state index in [0.29, 0.717) is 27.8 Å². The molecule has 1 aliphatic heterocycles. The van der Waals surface area contributed by atoms with Gasteiger partial charge in [-0.1, -0.05) is 54.2 Å². The van der Waals surface area contributed by atoms with Crippen LogP contribution in [-0.4, -0.2) is 44.6 Å². The minimum absolute atomic E-state index is 0.227. The summed E-state index contributed by atoms with van der Waals surface area (Å²) in [4.78, 5) is 23.2. The Labute approximate surface area is 249 Å². The number of carbonyl (C=O) groups is 1. The molecule has 5 rings (SSSR count). The van der Waals surface area contributed by atoms with Crippen molar-refractivity contribution in [3.05, 3.63) is 95.9 Å². The van der Waals surface area contributed by atoms with E-state index < -0.39 is 12.4 Å². The molecule has 2 amide bonds. The van der Waals surface area contributed by atoms with Crippen molar-refractivity contribution in [3.8, 4) is 28.9 Å². The lowest BCUT2D eigenvalue weighted by molar-refractivity contribution is -0.274. The van der Waals surface area contributed by atoms with Gasteiger partial charge in [0.25, 0.3) is 0 Å². The molecule has 0 bridgehead atoms. The van der Waals surface area contributed by atoms with Crippen LogP contribution in [-0.2, 0) is 0 Å². The van der Waals surface area contributed by atoms with Gasteiger partial charge < -0.3 is 15.0 Å². The number of amides is 2. The number of ether oxygens (including phenoxy) is 1. The first-order valence-corrected chi connectivity index (χ1v) is 13.9. The zero-order valence-electron chi connectivity index (χ0n) is 23.0. The van der Waals surface area contributed by atoms with Gasteiger partial charge in [0.15, 0.2) is 11.0 Å². The van der Waals surface area contributed by atoms with E-state index in [1.165, 1.54) is 53.2 Å². The number of nitrogens with zero attached hydrogens (tertiary/aromatic N) is 6. The van der Waals surface area contributed by atoms with Crippen molar-refractivity contribution in [1.82, 2.24) is 20.1 Å². The molecule has 0 radical (unpaired) electrons. The van der Waals surface area contributed by atoms with Crippen LogP contribution < -0.4 is 15.0 Å². The van der Waals surface area contributed by atoms with Gasteiger partial charge in [-0.3, -0.25) is 0 Å². The molecule has 1 fully saturated rings. The minimum Gasteiger partial charge on any atom is -0.406 e. The van der Waals surface area contributed by atoms with Gasteiger partial charge in [0, 0.05) is 29.7 Å². The number of aliphatic imine (C=N–C) groups is 1. The monoisotopic (exact) mass is 603 g/mol. The second-order valence-corrected chi connectivity index (χ2v) is 10.4. The lowest BCUT2D eigenvalue weighted by Gasteiger charge is -2.22. The Kier molecular flexibility index (Phi) is 8.49. The number of nitrogens with one attached hydrogen (secondary N) is 1. The third kappa shape index (κ3) is 7.04. The number of amidine groups is 1. The highest BCUT2D eigenvalue weighted by atomic mass is 32.2. The number of hydrogen-bond acceptors (Lipinski definition) is 6. The van der Waals surface area contributed by atoms with Gasteiger partial charge >= 0.3 is 12.4 Å². The number of halogens is 3. The summed E-state index contributed by atoms with van der Waals surface area (Å²) in [6.45, 7) is 4.79. The fourth-order valence-corrected chi connectivity index (χ4v) is 5.43. The van der Waals surface area contributed by atoms with Gasteiger partial charge in [0.2, 0.25) is 0 Å². The average Bonchev–Trinajstić information content (AvgIpc) is 3.64. The van der Waals surface area contributed by atoms with Gasteiger partial charge in [-0.15, -0.1) is 18.3 Å². The molecule has 0 saturated carbocycles. The summed E-state index contributed by atoms with van der Waals surface area (Å²) in [5.41, 5.74) is 5.17. The average molecular weight is 604 g/mol. The molecule has 0 unspecified atom stereocenters. The summed E-state index contributed by atoms with van der Waals surface area (Å²) in [6.07, 6.45) is -2.01. The minimum atomic E-state index is -4.77. The number of alkyl halides is 3. The Morgan fingerprint density at radius 1 is 1.09 bits per heavy atom. The first kappa shape index (κ1) is 29.4. The molecule has 4 aromatic rings. The smallest absolute Gasteiger partial charge is 0.406 e. The van der Waals surface area contributed by atoms with Crippen LogP contribution in [0.2, 0.25) is 0 Å². The normalized spacial score (nSPS) is 14.6. The van der Waals surface area contributed by atoms with Gasteiger partial charge in [-0.05, 0) is 54.8 Å². The predicted octanol–water partition coefficient (Wildman–Crippen LogP) is 6.63. The predicted molar refractivity (Wildman–Crippen MR) is 159 cm³/mol. The Bertz CT molecular complexity index is 1720. The number of nitriles is 1. The van der Waals surface area contributed by atoms with Crippen LogP contribution in [0.15, 0.2) is 84.2 Å². The number of rotatable bonds is 6. The molecule has 0 aliphatic carbocycles. The van der Waals surface area contributed by atoms with Crippen LogP contribution in [0.1, 0.15) is 16.7 Å². The third-order valence-electron chi connectivity index (χ3n) is 6.42. The zero-order valence-corrected chi connectivity index (χ0v) is 23.8. The highest BCUT2D eigenvalue weighted by Crippen LogP contribution is 2.31. The number of aryl methyl sites for hydroxylation is 2. The maximum Gasteiger partial charge on any atom is 0.573 e. The summed E-state index contributed by atoms with van der Waals surface area (Å²) in [5.74, 6) is 0.840. The third-order valence-corrected chi connectivity index (χ3v) is 7.38. The van der Waals surface area contributed by atoms with E-state index in [0.717, 1.165) is 29.1 Å². The molecule has 2 heterocycles. The number of urea groups is 1. The number of allylic oxidation sites excluding steroid dienone is 1. The van der Waals surface area contributed by atoms with Crippen molar-refractivity contribution in [2.45, 2.75) is 20.2 Å². The van der Waals surface area contributed by atoms with E-state index >= 15 is 0 Å². The number of carbonyl (C=O) groups excluding carboxylic acids is 1. The van der Waals surface area contributed by atoms with Gasteiger partial charge in [-0.2, -0.15) is 10.3 Å². The summed E-state index contributed by atoms with van der Waals surface area (Å²) in [5, 5.41) is 17.3. The van der Waals surface area contributed by atoms with Crippen LogP contribution >= 0.6 is 11.8 Å². The molecule has 9 nitrogen and oxygen atoms in total. The van der Waals surface area contributed by atoms with Gasteiger partial charge in [-0.25, -0.2) is 14.5 Å². The molecule has 0 atom stereocenters. The molecule has 43 heavy (non-hydrogen) atoms. The lowest BCUT2D eigenvalue weighted by Crippen LogP contribution is -2.27. The van der Waals surface area contributed by atoms with E-state index in [1.807, 2.05) is 36.9 Å². The number of aromatic nitrogens is 3. The maximum absolute atomic E-state index is 12.7. The Morgan fingerprint density at radius 3 is 2.44 bits per heavy atom. The Morgan fingerprint density at radius 2 is 1.79 bits per heavy atom. The van der Waals surface area contributed by atoms with Crippen LogP contribution in [0.3, 0.4) is 0 Å². The lowest BCUT2D eigenvalue weighted by atomic mass is 10.1. The van der Waals surface area contributed by atoms with Crippen molar-refractivity contribution in [3.63, 3.8) is 0 Å². The Balaban J connectivity index is 1.25. The van der Waals surface area contributed by atoms with Crippen molar-refractivity contribution in [2.24, 2.45) is 4.99 Å². The highest BCUT2D eigenvalue weighted by molar-refractivity contribution is 8.14. The van der Waals surface area contributed by atoms with Crippen molar-refractivity contribution >= 4 is 34.2 Å².